The molecular formula is C13H12ClFN4O. The Morgan fingerprint density at radius 1 is 1.35 bits per heavy atom. The lowest BCUT2D eigenvalue weighted by molar-refractivity contribution is 0.0945. The van der Waals surface area contributed by atoms with Crippen molar-refractivity contribution < 1.29 is 9.18 Å². The Morgan fingerprint density at radius 3 is 2.75 bits per heavy atom. The summed E-state index contributed by atoms with van der Waals surface area (Å²) in [5.41, 5.74) is 0.904. The predicted octanol–water partition coefficient (Wildman–Crippen LogP) is 2.24. The normalized spacial score (nSPS) is 10.2. The van der Waals surface area contributed by atoms with Gasteiger partial charge in [-0.2, -0.15) is 0 Å². The molecule has 20 heavy (non-hydrogen) atoms. The molecule has 1 aromatic carbocycles. The molecule has 2 N–H and O–H groups in total. The van der Waals surface area contributed by atoms with Crippen molar-refractivity contribution >= 4 is 23.3 Å². The molecule has 104 valence electrons. The molecule has 1 aromatic heterocycles. The van der Waals surface area contributed by atoms with Crippen molar-refractivity contribution in [1.82, 2.24) is 15.3 Å². The fourth-order valence-electron chi connectivity index (χ4n) is 1.50. The number of nitrogens with zero attached hydrogens (tertiary/aromatic N) is 2. The van der Waals surface area contributed by atoms with Crippen LogP contribution >= 0.6 is 11.6 Å². The summed E-state index contributed by atoms with van der Waals surface area (Å²) in [6.07, 6.45) is 2.84. The predicted molar refractivity (Wildman–Crippen MR) is 74.2 cm³/mol. The van der Waals surface area contributed by atoms with Crippen molar-refractivity contribution in [3.05, 3.63) is 52.7 Å². The van der Waals surface area contributed by atoms with E-state index in [4.69, 9.17) is 11.6 Å². The maximum Gasteiger partial charge on any atom is 0.271 e. The third kappa shape index (κ3) is 3.42. The molecule has 0 saturated heterocycles. The summed E-state index contributed by atoms with van der Waals surface area (Å²) in [7, 11) is 1.71. The fraction of sp³-hybridized carbons (Fsp3) is 0.154. The molecule has 0 aliphatic rings. The van der Waals surface area contributed by atoms with Gasteiger partial charge < -0.3 is 10.6 Å². The Labute approximate surface area is 120 Å². The van der Waals surface area contributed by atoms with E-state index >= 15 is 0 Å². The lowest BCUT2D eigenvalue weighted by atomic mass is 10.2. The Morgan fingerprint density at radius 2 is 2.15 bits per heavy atom. The topological polar surface area (TPSA) is 66.9 Å². The molecule has 0 fully saturated rings. The highest BCUT2D eigenvalue weighted by atomic mass is 35.5. The van der Waals surface area contributed by atoms with Crippen molar-refractivity contribution in [3.63, 3.8) is 0 Å². The minimum atomic E-state index is -0.490. The highest BCUT2D eigenvalue weighted by Gasteiger charge is 2.08. The lowest BCUT2D eigenvalue weighted by Gasteiger charge is -2.06. The van der Waals surface area contributed by atoms with Gasteiger partial charge in [0.2, 0.25) is 0 Å². The first-order valence-corrected chi connectivity index (χ1v) is 6.20. The molecule has 0 saturated carbocycles. The number of halogens is 2. The fourth-order valence-corrected chi connectivity index (χ4v) is 1.70. The number of hydrogen-bond acceptors (Lipinski definition) is 4. The Balaban J connectivity index is 1.98. The van der Waals surface area contributed by atoms with Gasteiger partial charge in [-0.3, -0.25) is 4.79 Å². The van der Waals surface area contributed by atoms with Gasteiger partial charge in [-0.1, -0.05) is 17.7 Å². The van der Waals surface area contributed by atoms with E-state index in [0.29, 0.717) is 11.4 Å². The molecule has 0 spiro atoms. The van der Waals surface area contributed by atoms with E-state index in [-0.39, 0.29) is 23.2 Å². The van der Waals surface area contributed by atoms with Gasteiger partial charge in [0.05, 0.1) is 17.4 Å². The largest absolute Gasteiger partial charge is 0.372 e. The number of aromatic nitrogens is 2. The SMILES string of the molecule is CNc1cnc(C(=O)NCc2ccc(F)c(Cl)c2)cn1. The monoisotopic (exact) mass is 294 g/mol. The van der Waals surface area contributed by atoms with Crippen molar-refractivity contribution in [3.8, 4) is 0 Å². The van der Waals surface area contributed by atoms with E-state index in [2.05, 4.69) is 20.6 Å². The second-order valence-corrected chi connectivity index (χ2v) is 4.38. The van der Waals surface area contributed by atoms with Gasteiger partial charge in [-0.05, 0) is 17.7 Å². The van der Waals surface area contributed by atoms with Crippen LogP contribution in [0.2, 0.25) is 5.02 Å². The van der Waals surface area contributed by atoms with Gasteiger partial charge in [-0.15, -0.1) is 0 Å². The number of carbonyl (C=O) groups is 1. The van der Waals surface area contributed by atoms with Gasteiger partial charge in [0.25, 0.3) is 5.91 Å². The molecule has 1 heterocycles. The second kappa shape index (κ2) is 6.29. The third-order valence-corrected chi connectivity index (χ3v) is 2.87. The summed E-state index contributed by atoms with van der Waals surface area (Å²) in [6.45, 7) is 0.230. The molecule has 0 aliphatic heterocycles. The van der Waals surface area contributed by atoms with Crippen LogP contribution in [0.5, 0.6) is 0 Å². The number of amides is 1. The molecule has 0 bridgehead atoms. The van der Waals surface area contributed by atoms with Crippen LogP contribution < -0.4 is 10.6 Å². The molecule has 7 heteroatoms. The van der Waals surface area contributed by atoms with Gasteiger partial charge in [0.15, 0.2) is 0 Å². The molecule has 0 atom stereocenters. The van der Waals surface area contributed by atoms with Crippen LogP contribution in [0, 0.1) is 5.82 Å². The molecule has 2 rings (SSSR count). The zero-order chi connectivity index (χ0) is 14.5. The van der Waals surface area contributed by atoms with Gasteiger partial charge in [0, 0.05) is 13.6 Å². The van der Waals surface area contributed by atoms with E-state index in [0.717, 1.165) is 0 Å². The highest BCUT2D eigenvalue weighted by Crippen LogP contribution is 2.15. The van der Waals surface area contributed by atoms with Crippen LogP contribution in [0.1, 0.15) is 16.1 Å². The minimum absolute atomic E-state index is 0.0231. The minimum Gasteiger partial charge on any atom is -0.372 e. The Hall–Kier alpha value is -2.21. The summed E-state index contributed by atoms with van der Waals surface area (Å²) in [5.74, 6) is -0.275. The van der Waals surface area contributed by atoms with Gasteiger partial charge in [0.1, 0.15) is 17.3 Å². The number of hydrogen-bond donors (Lipinski definition) is 2. The van der Waals surface area contributed by atoms with E-state index in [9.17, 15) is 9.18 Å². The highest BCUT2D eigenvalue weighted by molar-refractivity contribution is 6.30. The van der Waals surface area contributed by atoms with Crippen molar-refractivity contribution in [1.29, 1.82) is 0 Å². The maximum atomic E-state index is 13.0. The van der Waals surface area contributed by atoms with E-state index in [1.165, 1.54) is 24.5 Å². The molecule has 5 nitrogen and oxygen atoms in total. The molecule has 0 radical (unpaired) electrons. The van der Waals surface area contributed by atoms with E-state index in [1.807, 2.05) is 0 Å². The van der Waals surface area contributed by atoms with E-state index < -0.39 is 5.82 Å². The standard InChI is InChI=1S/C13H12ClFN4O/c1-16-12-7-17-11(6-18-12)13(20)19-5-8-2-3-10(15)9(14)4-8/h2-4,6-7H,5H2,1H3,(H,16,18)(H,19,20). The molecule has 1 amide bonds. The Kier molecular flexibility index (Phi) is 4.47. The molecule has 0 aliphatic carbocycles. The average molecular weight is 295 g/mol. The average Bonchev–Trinajstić information content (AvgIpc) is 2.48. The van der Waals surface area contributed by atoms with Gasteiger partial charge in [-0.25, -0.2) is 14.4 Å². The number of anilines is 1. The number of nitrogens with one attached hydrogen (secondary N) is 2. The van der Waals surface area contributed by atoms with Crippen LogP contribution in [0.4, 0.5) is 10.2 Å². The first-order valence-electron chi connectivity index (χ1n) is 5.82. The molecule has 2 aromatic rings. The summed E-state index contributed by atoms with van der Waals surface area (Å²) in [5, 5.41) is 5.49. The number of benzene rings is 1. The summed E-state index contributed by atoms with van der Waals surface area (Å²) in [4.78, 5) is 19.8. The van der Waals surface area contributed by atoms with Crippen LogP contribution in [0.3, 0.4) is 0 Å². The van der Waals surface area contributed by atoms with Crippen LogP contribution in [-0.4, -0.2) is 22.9 Å². The molecule has 0 unspecified atom stereocenters. The van der Waals surface area contributed by atoms with E-state index in [1.54, 1.807) is 13.1 Å². The van der Waals surface area contributed by atoms with Crippen molar-refractivity contribution in [2.24, 2.45) is 0 Å². The second-order valence-electron chi connectivity index (χ2n) is 3.97. The Bertz CT molecular complexity index is 618. The van der Waals surface area contributed by atoms with Gasteiger partial charge >= 0.3 is 0 Å². The summed E-state index contributed by atoms with van der Waals surface area (Å²) < 4.78 is 13.0. The quantitative estimate of drug-likeness (QED) is 0.907. The van der Waals surface area contributed by atoms with Crippen molar-refractivity contribution in [2.75, 3.05) is 12.4 Å². The van der Waals surface area contributed by atoms with Crippen LogP contribution in [0.15, 0.2) is 30.6 Å². The summed E-state index contributed by atoms with van der Waals surface area (Å²) in [6, 6.07) is 4.27. The first kappa shape index (κ1) is 14.2. The summed E-state index contributed by atoms with van der Waals surface area (Å²) >= 11 is 5.66. The van der Waals surface area contributed by atoms with Crippen LogP contribution in [-0.2, 0) is 6.54 Å². The van der Waals surface area contributed by atoms with Crippen LogP contribution in [0.25, 0.3) is 0 Å². The third-order valence-electron chi connectivity index (χ3n) is 2.58. The zero-order valence-corrected chi connectivity index (χ0v) is 11.4. The number of carbonyl (C=O) groups excluding carboxylic acids is 1. The maximum absolute atomic E-state index is 13.0. The van der Waals surface area contributed by atoms with Crippen molar-refractivity contribution in [2.45, 2.75) is 6.54 Å². The lowest BCUT2D eigenvalue weighted by Crippen LogP contribution is -2.24. The molecular weight excluding hydrogens is 283 g/mol. The zero-order valence-electron chi connectivity index (χ0n) is 10.7. The first-order chi connectivity index (χ1) is 9.60. The number of rotatable bonds is 4. The smallest absolute Gasteiger partial charge is 0.271 e.